The van der Waals surface area contributed by atoms with Crippen molar-refractivity contribution in [3.05, 3.63) is 58.9 Å². The molecule has 2 amide bonds. The third-order valence-corrected chi connectivity index (χ3v) is 3.63. The maximum atomic E-state index is 12.2. The van der Waals surface area contributed by atoms with E-state index in [4.69, 9.17) is 0 Å². The molecular formula is C16H15N3O2. The van der Waals surface area contributed by atoms with Crippen LogP contribution in [0.4, 0.5) is 5.69 Å². The summed E-state index contributed by atoms with van der Waals surface area (Å²) in [6.45, 7) is 4.11. The molecule has 21 heavy (non-hydrogen) atoms. The molecule has 2 heterocycles. The molecular weight excluding hydrogens is 266 g/mol. The smallest absolute Gasteiger partial charge is 0.281 e. The summed E-state index contributed by atoms with van der Waals surface area (Å²) in [5.74, 6) is -0.656. The van der Waals surface area contributed by atoms with Gasteiger partial charge in [0.15, 0.2) is 0 Å². The second-order valence-corrected chi connectivity index (χ2v) is 5.04. The van der Waals surface area contributed by atoms with Gasteiger partial charge in [-0.05, 0) is 37.1 Å². The zero-order valence-corrected chi connectivity index (χ0v) is 11.9. The summed E-state index contributed by atoms with van der Waals surface area (Å²) in [5.41, 5.74) is 3.69. The van der Waals surface area contributed by atoms with E-state index in [1.165, 1.54) is 11.1 Å². The van der Waals surface area contributed by atoms with E-state index >= 15 is 0 Å². The molecule has 1 aromatic heterocycles. The van der Waals surface area contributed by atoms with Gasteiger partial charge in [-0.3, -0.25) is 19.5 Å². The summed E-state index contributed by atoms with van der Waals surface area (Å²) in [6.07, 6.45) is 1.52. The molecule has 0 spiro atoms. The fraction of sp³-hybridized carbons (Fsp3) is 0.188. The predicted octanol–water partition coefficient (Wildman–Crippen LogP) is 2.36. The van der Waals surface area contributed by atoms with E-state index in [2.05, 4.69) is 10.3 Å². The van der Waals surface area contributed by atoms with Crippen molar-refractivity contribution < 1.29 is 9.59 Å². The standard InChI is InChI=1S/C16H15N3O2/c1-10-5-3-6-11(2)13(10)18-9-19-15(20)12-7-4-8-17-14(12)16(19)21/h3-8,18H,9H2,1-2H3. The largest absolute Gasteiger partial charge is 0.367 e. The lowest BCUT2D eigenvalue weighted by Crippen LogP contribution is -2.34. The topological polar surface area (TPSA) is 62.3 Å². The van der Waals surface area contributed by atoms with Gasteiger partial charge in [-0.25, -0.2) is 0 Å². The van der Waals surface area contributed by atoms with Crippen LogP contribution in [0.25, 0.3) is 0 Å². The third-order valence-electron chi connectivity index (χ3n) is 3.63. The van der Waals surface area contributed by atoms with Gasteiger partial charge in [0.2, 0.25) is 0 Å². The fourth-order valence-corrected chi connectivity index (χ4v) is 2.51. The first-order valence-corrected chi connectivity index (χ1v) is 6.71. The number of aromatic nitrogens is 1. The number of benzene rings is 1. The number of anilines is 1. The lowest BCUT2D eigenvalue weighted by atomic mass is 10.1. The molecule has 1 aliphatic rings. The second kappa shape index (κ2) is 5.01. The number of carbonyl (C=O) groups excluding carboxylic acids is 2. The Bertz CT molecular complexity index is 685. The molecule has 3 rings (SSSR count). The third kappa shape index (κ3) is 2.16. The van der Waals surface area contributed by atoms with E-state index in [1.807, 2.05) is 32.0 Å². The Balaban J connectivity index is 1.82. The highest BCUT2D eigenvalue weighted by molar-refractivity contribution is 6.20. The number of rotatable bonds is 3. The first kappa shape index (κ1) is 13.3. The monoisotopic (exact) mass is 281 g/mol. The molecule has 0 bridgehead atoms. The molecule has 1 aromatic carbocycles. The zero-order chi connectivity index (χ0) is 15.0. The Kier molecular flexibility index (Phi) is 3.17. The second-order valence-electron chi connectivity index (χ2n) is 5.04. The Morgan fingerprint density at radius 3 is 2.43 bits per heavy atom. The van der Waals surface area contributed by atoms with Crippen molar-refractivity contribution in [2.75, 3.05) is 12.0 Å². The van der Waals surface area contributed by atoms with E-state index in [9.17, 15) is 9.59 Å². The molecule has 0 aliphatic carbocycles. The molecule has 0 unspecified atom stereocenters. The summed E-state index contributed by atoms with van der Waals surface area (Å²) < 4.78 is 0. The number of nitrogens with one attached hydrogen (secondary N) is 1. The number of para-hydroxylation sites is 1. The van der Waals surface area contributed by atoms with Crippen molar-refractivity contribution in [3.63, 3.8) is 0 Å². The summed E-state index contributed by atoms with van der Waals surface area (Å²) in [7, 11) is 0. The average Bonchev–Trinajstić information content (AvgIpc) is 2.72. The Morgan fingerprint density at radius 1 is 1.05 bits per heavy atom. The van der Waals surface area contributed by atoms with Gasteiger partial charge in [0, 0.05) is 11.9 Å². The zero-order valence-electron chi connectivity index (χ0n) is 11.9. The van der Waals surface area contributed by atoms with Gasteiger partial charge in [-0.15, -0.1) is 0 Å². The van der Waals surface area contributed by atoms with E-state index in [-0.39, 0.29) is 24.2 Å². The van der Waals surface area contributed by atoms with Gasteiger partial charge < -0.3 is 5.32 Å². The van der Waals surface area contributed by atoms with Gasteiger partial charge in [0.1, 0.15) is 5.69 Å². The number of carbonyl (C=O) groups is 2. The summed E-state index contributed by atoms with van der Waals surface area (Å²) in [4.78, 5) is 29.6. The lowest BCUT2D eigenvalue weighted by molar-refractivity contribution is 0.0664. The maximum absolute atomic E-state index is 12.2. The Morgan fingerprint density at radius 2 is 1.76 bits per heavy atom. The number of nitrogens with zero attached hydrogens (tertiary/aromatic N) is 2. The lowest BCUT2D eigenvalue weighted by Gasteiger charge is -2.18. The first-order chi connectivity index (χ1) is 10.1. The molecule has 5 heteroatoms. The number of pyridine rings is 1. The Hall–Kier alpha value is -2.69. The average molecular weight is 281 g/mol. The van der Waals surface area contributed by atoms with Crippen LogP contribution in [0.3, 0.4) is 0 Å². The molecule has 0 saturated heterocycles. The van der Waals surface area contributed by atoms with Gasteiger partial charge in [0.05, 0.1) is 12.2 Å². The predicted molar refractivity (Wildman–Crippen MR) is 79.1 cm³/mol. The van der Waals surface area contributed by atoms with Gasteiger partial charge >= 0.3 is 0 Å². The van der Waals surface area contributed by atoms with E-state index < -0.39 is 0 Å². The highest BCUT2D eigenvalue weighted by Gasteiger charge is 2.36. The van der Waals surface area contributed by atoms with Crippen LogP contribution < -0.4 is 5.32 Å². The molecule has 1 N–H and O–H groups in total. The first-order valence-electron chi connectivity index (χ1n) is 6.71. The van der Waals surface area contributed by atoms with E-state index in [0.29, 0.717) is 5.56 Å². The summed E-state index contributed by atoms with van der Waals surface area (Å²) >= 11 is 0. The van der Waals surface area contributed by atoms with Gasteiger partial charge in [-0.2, -0.15) is 0 Å². The molecule has 0 fully saturated rings. The number of fused-ring (bicyclic) bond motifs is 1. The van der Waals surface area contributed by atoms with Crippen LogP contribution in [0, 0.1) is 13.8 Å². The minimum absolute atomic E-state index is 0.139. The van der Waals surface area contributed by atoms with Crippen LogP contribution in [0.5, 0.6) is 0 Å². The van der Waals surface area contributed by atoms with Gasteiger partial charge in [-0.1, -0.05) is 18.2 Å². The minimum Gasteiger partial charge on any atom is -0.367 e. The van der Waals surface area contributed by atoms with Crippen molar-refractivity contribution in [2.24, 2.45) is 0 Å². The van der Waals surface area contributed by atoms with Crippen molar-refractivity contribution in [1.29, 1.82) is 0 Å². The number of hydrogen-bond acceptors (Lipinski definition) is 4. The Labute approximate surface area is 122 Å². The molecule has 1 aliphatic heterocycles. The summed E-state index contributed by atoms with van der Waals surface area (Å²) in [5, 5.41) is 3.18. The maximum Gasteiger partial charge on any atom is 0.281 e. The van der Waals surface area contributed by atoms with Crippen LogP contribution in [-0.2, 0) is 0 Å². The van der Waals surface area contributed by atoms with E-state index in [1.54, 1.807) is 12.1 Å². The number of hydrogen-bond donors (Lipinski definition) is 1. The molecule has 0 saturated carbocycles. The van der Waals surface area contributed by atoms with Crippen LogP contribution in [-0.4, -0.2) is 28.4 Å². The van der Waals surface area contributed by atoms with E-state index in [0.717, 1.165) is 16.8 Å². The molecule has 2 aromatic rings. The number of amides is 2. The fourth-order valence-electron chi connectivity index (χ4n) is 2.51. The van der Waals surface area contributed by atoms with Crippen LogP contribution in [0.1, 0.15) is 32.0 Å². The molecule has 5 nitrogen and oxygen atoms in total. The number of aryl methyl sites for hydroxylation is 2. The van der Waals surface area contributed by atoms with Crippen molar-refractivity contribution >= 4 is 17.5 Å². The molecule has 106 valence electrons. The highest BCUT2D eigenvalue weighted by atomic mass is 16.2. The molecule has 0 atom stereocenters. The quantitative estimate of drug-likeness (QED) is 0.877. The van der Waals surface area contributed by atoms with Crippen molar-refractivity contribution in [2.45, 2.75) is 13.8 Å². The van der Waals surface area contributed by atoms with Crippen molar-refractivity contribution in [1.82, 2.24) is 9.88 Å². The normalized spacial score (nSPS) is 13.5. The SMILES string of the molecule is Cc1cccc(C)c1NCN1C(=O)c2cccnc2C1=O. The van der Waals surface area contributed by atoms with Crippen LogP contribution >= 0.6 is 0 Å². The minimum atomic E-state index is -0.352. The highest BCUT2D eigenvalue weighted by Crippen LogP contribution is 2.23. The summed E-state index contributed by atoms with van der Waals surface area (Å²) in [6, 6.07) is 9.23. The van der Waals surface area contributed by atoms with Gasteiger partial charge in [0.25, 0.3) is 11.8 Å². The molecule has 0 radical (unpaired) electrons. The van der Waals surface area contributed by atoms with Crippen LogP contribution in [0.15, 0.2) is 36.5 Å². The van der Waals surface area contributed by atoms with Crippen LogP contribution in [0.2, 0.25) is 0 Å². The van der Waals surface area contributed by atoms with Crippen molar-refractivity contribution in [3.8, 4) is 0 Å². The number of imide groups is 1.